The molecular formula is C9H12N4O4. The van der Waals surface area contributed by atoms with Crippen LogP contribution in [0.2, 0.25) is 0 Å². The van der Waals surface area contributed by atoms with Gasteiger partial charge in [0.25, 0.3) is 5.91 Å². The molecule has 0 spiro atoms. The van der Waals surface area contributed by atoms with E-state index in [4.69, 9.17) is 9.84 Å². The molecule has 0 bridgehead atoms. The summed E-state index contributed by atoms with van der Waals surface area (Å²) in [6.07, 6.45) is 0.399. The van der Waals surface area contributed by atoms with Crippen LogP contribution in [0.1, 0.15) is 12.8 Å². The molecule has 8 heteroatoms. The molecule has 0 aliphatic carbocycles. The number of carboxylic acid groups (broad SMARTS) is 1. The van der Waals surface area contributed by atoms with Crippen LogP contribution >= 0.6 is 0 Å². The summed E-state index contributed by atoms with van der Waals surface area (Å²) in [5, 5.41) is 15.0. The minimum atomic E-state index is -1.04. The van der Waals surface area contributed by atoms with Crippen molar-refractivity contribution in [1.29, 1.82) is 0 Å². The first-order valence-corrected chi connectivity index (χ1v) is 5.11. The number of aliphatic carboxylic acids is 1. The molecule has 0 unspecified atom stereocenters. The summed E-state index contributed by atoms with van der Waals surface area (Å²) >= 11 is 0. The monoisotopic (exact) mass is 240 g/mol. The number of rotatable bonds is 3. The van der Waals surface area contributed by atoms with Gasteiger partial charge in [-0.05, 0) is 12.8 Å². The van der Waals surface area contributed by atoms with Crippen LogP contribution in [0.3, 0.4) is 0 Å². The van der Waals surface area contributed by atoms with Gasteiger partial charge in [-0.25, -0.2) is 9.48 Å². The first kappa shape index (κ1) is 11.5. The highest BCUT2D eigenvalue weighted by molar-refractivity contribution is 5.93. The second-order valence-electron chi connectivity index (χ2n) is 3.73. The predicted octanol–water partition coefficient (Wildman–Crippen LogP) is -0.614. The van der Waals surface area contributed by atoms with Crippen LogP contribution < -0.4 is 5.32 Å². The second kappa shape index (κ2) is 4.50. The van der Waals surface area contributed by atoms with Crippen molar-refractivity contribution in [3.63, 3.8) is 0 Å². The molecule has 1 fully saturated rings. The highest BCUT2D eigenvalue weighted by Gasteiger charge is 2.35. The van der Waals surface area contributed by atoms with Gasteiger partial charge in [-0.2, -0.15) is 10.1 Å². The maximum atomic E-state index is 11.7. The highest BCUT2D eigenvalue weighted by Crippen LogP contribution is 2.20. The fourth-order valence-corrected chi connectivity index (χ4v) is 1.61. The van der Waals surface area contributed by atoms with Crippen molar-refractivity contribution in [2.45, 2.75) is 25.0 Å². The van der Waals surface area contributed by atoms with E-state index in [0.29, 0.717) is 18.8 Å². The summed E-state index contributed by atoms with van der Waals surface area (Å²) < 4.78 is 6.51. The zero-order valence-electron chi connectivity index (χ0n) is 9.16. The van der Waals surface area contributed by atoms with E-state index in [1.807, 2.05) is 0 Å². The number of aromatic nitrogens is 3. The lowest BCUT2D eigenvalue weighted by Gasteiger charge is -2.10. The third-order valence-electron chi connectivity index (χ3n) is 2.53. The number of carbonyl (C=O) groups is 2. The Morgan fingerprint density at radius 2 is 2.24 bits per heavy atom. The van der Waals surface area contributed by atoms with Gasteiger partial charge in [0.15, 0.2) is 6.10 Å². The minimum Gasteiger partial charge on any atom is -0.479 e. The standard InChI is InChI=1S/C9H12N4O4/c1-13-9(10-4-11-13)12-7(14)5-2-3-6(17-5)8(15)16/h4-6H,2-3H2,1H3,(H,15,16)(H,10,11,12,14)/t5-,6+/m0/s1. The maximum absolute atomic E-state index is 11.7. The average Bonchev–Trinajstić information content (AvgIpc) is 2.88. The lowest BCUT2D eigenvalue weighted by atomic mass is 10.2. The molecule has 1 aromatic rings. The first-order chi connectivity index (χ1) is 8.08. The van der Waals surface area contributed by atoms with Crippen LogP contribution in [0, 0.1) is 0 Å². The van der Waals surface area contributed by atoms with Gasteiger partial charge < -0.3 is 9.84 Å². The van der Waals surface area contributed by atoms with Crippen molar-refractivity contribution in [1.82, 2.24) is 14.8 Å². The Hall–Kier alpha value is -1.96. The molecule has 0 saturated carbocycles. The van der Waals surface area contributed by atoms with Crippen molar-refractivity contribution in [3.8, 4) is 0 Å². The number of carboxylic acids is 1. The number of nitrogens with zero attached hydrogens (tertiary/aromatic N) is 3. The van der Waals surface area contributed by atoms with Crippen molar-refractivity contribution in [3.05, 3.63) is 6.33 Å². The third kappa shape index (κ3) is 2.41. The Morgan fingerprint density at radius 1 is 1.53 bits per heavy atom. The van der Waals surface area contributed by atoms with E-state index in [2.05, 4.69) is 15.4 Å². The number of carbonyl (C=O) groups excluding carboxylic acids is 1. The predicted molar refractivity (Wildman–Crippen MR) is 55.2 cm³/mol. The number of hydrogen-bond acceptors (Lipinski definition) is 5. The first-order valence-electron chi connectivity index (χ1n) is 5.11. The molecule has 1 amide bonds. The van der Waals surface area contributed by atoms with Crippen molar-refractivity contribution < 1.29 is 19.4 Å². The summed E-state index contributed by atoms with van der Waals surface area (Å²) in [5.41, 5.74) is 0. The van der Waals surface area contributed by atoms with E-state index < -0.39 is 24.1 Å². The molecule has 0 aromatic carbocycles. The molecule has 2 atom stereocenters. The topological polar surface area (TPSA) is 106 Å². The molecule has 1 aliphatic rings. The Kier molecular flexibility index (Phi) is 3.05. The lowest BCUT2D eigenvalue weighted by Crippen LogP contribution is -2.30. The summed E-state index contributed by atoms with van der Waals surface area (Å²) in [6.45, 7) is 0. The SMILES string of the molecule is Cn1ncnc1NC(=O)[C@@H]1CC[C@H](C(=O)O)O1. The molecule has 0 radical (unpaired) electrons. The Labute approximate surface area is 96.6 Å². The fourth-order valence-electron chi connectivity index (χ4n) is 1.61. The maximum Gasteiger partial charge on any atom is 0.332 e. The van der Waals surface area contributed by atoms with E-state index in [-0.39, 0.29) is 0 Å². The molecule has 2 heterocycles. The van der Waals surface area contributed by atoms with E-state index in [1.54, 1.807) is 7.05 Å². The Morgan fingerprint density at radius 3 is 2.76 bits per heavy atom. The van der Waals surface area contributed by atoms with Crippen LogP contribution in [-0.2, 0) is 21.4 Å². The number of hydrogen-bond donors (Lipinski definition) is 2. The zero-order chi connectivity index (χ0) is 12.4. The van der Waals surface area contributed by atoms with Crippen LogP contribution in [0.4, 0.5) is 5.95 Å². The average molecular weight is 240 g/mol. The fraction of sp³-hybridized carbons (Fsp3) is 0.556. The van der Waals surface area contributed by atoms with E-state index in [9.17, 15) is 9.59 Å². The van der Waals surface area contributed by atoms with Gasteiger partial charge in [0.1, 0.15) is 12.4 Å². The smallest absolute Gasteiger partial charge is 0.332 e. The van der Waals surface area contributed by atoms with Gasteiger partial charge in [-0.1, -0.05) is 0 Å². The van der Waals surface area contributed by atoms with Crippen molar-refractivity contribution >= 4 is 17.8 Å². The van der Waals surface area contributed by atoms with Gasteiger partial charge in [-0.3, -0.25) is 10.1 Å². The van der Waals surface area contributed by atoms with Crippen molar-refractivity contribution in [2.75, 3.05) is 5.32 Å². The van der Waals surface area contributed by atoms with Crippen LogP contribution in [0.5, 0.6) is 0 Å². The Balaban J connectivity index is 1.94. The van der Waals surface area contributed by atoms with E-state index in [1.165, 1.54) is 11.0 Å². The molecule has 1 aromatic heterocycles. The number of aryl methyl sites for hydroxylation is 1. The quantitative estimate of drug-likeness (QED) is 0.729. The lowest BCUT2D eigenvalue weighted by molar-refractivity contribution is -0.150. The summed E-state index contributed by atoms with van der Waals surface area (Å²) in [4.78, 5) is 26.2. The normalized spacial score (nSPS) is 23.6. The third-order valence-corrected chi connectivity index (χ3v) is 2.53. The molecule has 92 valence electrons. The Bertz CT molecular complexity index is 444. The minimum absolute atomic E-state index is 0.303. The molecule has 1 aliphatic heterocycles. The van der Waals surface area contributed by atoms with Gasteiger partial charge in [-0.15, -0.1) is 0 Å². The molecule has 17 heavy (non-hydrogen) atoms. The van der Waals surface area contributed by atoms with Crippen molar-refractivity contribution in [2.24, 2.45) is 7.05 Å². The van der Waals surface area contributed by atoms with Crippen LogP contribution in [-0.4, -0.2) is 44.0 Å². The van der Waals surface area contributed by atoms with Gasteiger partial charge >= 0.3 is 5.97 Å². The largest absolute Gasteiger partial charge is 0.479 e. The van der Waals surface area contributed by atoms with E-state index >= 15 is 0 Å². The molecule has 8 nitrogen and oxygen atoms in total. The van der Waals surface area contributed by atoms with Gasteiger partial charge in [0.2, 0.25) is 5.95 Å². The molecule has 2 rings (SSSR count). The van der Waals surface area contributed by atoms with Gasteiger partial charge in [0, 0.05) is 7.05 Å². The van der Waals surface area contributed by atoms with Crippen LogP contribution in [0.15, 0.2) is 6.33 Å². The highest BCUT2D eigenvalue weighted by atomic mass is 16.5. The van der Waals surface area contributed by atoms with Gasteiger partial charge in [0.05, 0.1) is 0 Å². The number of ether oxygens (including phenoxy) is 1. The molecule has 1 saturated heterocycles. The number of nitrogens with one attached hydrogen (secondary N) is 1. The zero-order valence-corrected chi connectivity index (χ0v) is 9.16. The second-order valence-corrected chi connectivity index (χ2v) is 3.73. The number of amides is 1. The van der Waals surface area contributed by atoms with Crippen LogP contribution in [0.25, 0.3) is 0 Å². The summed E-state index contributed by atoms with van der Waals surface area (Å²) in [5.74, 6) is -1.14. The summed E-state index contributed by atoms with van der Waals surface area (Å²) in [6, 6.07) is 0. The summed E-state index contributed by atoms with van der Waals surface area (Å²) in [7, 11) is 1.64. The molecular weight excluding hydrogens is 228 g/mol. The molecule has 2 N–H and O–H groups in total. The number of anilines is 1. The van der Waals surface area contributed by atoms with E-state index in [0.717, 1.165) is 0 Å².